The van der Waals surface area contributed by atoms with Crippen molar-refractivity contribution in [2.45, 2.75) is 128 Å². The lowest BCUT2D eigenvalue weighted by atomic mass is 9.33. The number of anilines is 5. The molecule has 0 N–H and O–H groups in total. The van der Waals surface area contributed by atoms with Crippen LogP contribution in [0.4, 0.5) is 27.8 Å². The Morgan fingerprint density at radius 2 is 1.41 bits per heavy atom. The molecule has 340 valence electrons. The molecule has 2 aliphatic carbocycles. The van der Waals surface area contributed by atoms with Crippen LogP contribution in [0.25, 0.3) is 54.3 Å². The zero-order chi connectivity index (χ0) is 46.9. The van der Waals surface area contributed by atoms with Crippen LogP contribution in [0, 0.1) is 6.92 Å². The highest BCUT2D eigenvalue weighted by Crippen LogP contribution is 2.64. The third-order valence-corrected chi connectivity index (χ3v) is 20.3. The van der Waals surface area contributed by atoms with E-state index in [9.17, 15) is 0 Å². The third kappa shape index (κ3) is 5.01. The first-order valence-electron chi connectivity index (χ1n) is 25.8. The average Bonchev–Trinajstić information content (AvgIpc) is 3.96. The number of para-hydroxylation sites is 1. The van der Waals surface area contributed by atoms with E-state index >= 15 is 0 Å². The summed E-state index contributed by atoms with van der Waals surface area (Å²) in [5.74, 6) is 0. The minimum atomic E-state index is -0.233. The molecule has 0 radical (unpaired) electrons. The van der Waals surface area contributed by atoms with Crippen molar-refractivity contribution in [1.29, 1.82) is 0 Å². The van der Waals surface area contributed by atoms with Gasteiger partial charge in [-0.3, -0.25) is 0 Å². The number of thiophene rings is 1. The monoisotopic (exact) mass is 914 g/mol. The third-order valence-electron chi connectivity index (χ3n) is 19.1. The second-order valence-electron chi connectivity index (χ2n) is 24.4. The molecule has 1 saturated carbocycles. The Morgan fingerprint density at radius 3 is 2.23 bits per heavy atom. The fourth-order valence-corrected chi connectivity index (χ4v) is 16.3. The van der Waals surface area contributed by atoms with Gasteiger partial charge >= 0.3 is 0 Å². The first-order chi connectivity index (χ1) is 33.1. The van der Waals surface area contributed by atoms with Crippen LogP contribution in [0.15, 0.2) is 126 Å². The zero-order valence-corrected chi connectivity index (χ0v) is 42.4. The molecule has 1 fully saturated rings. The maximum absolute atomic E-state index is 6.97. The predicted octanol–water partition coefficient (Wildman–Crippen LogP) is 15.8. The van der Waals surface area contributed by atoms with Crippen LogP contribution in [-0.2, 0) is 21.7 Å². The lowest BCUT2D eigenvalue weighted by molar-refractivity contribution is 0.195. The largest absolute Gasteiger partial charge is 0.456 e. The van der Waals surface area contributed by atoms with Crippen molar-refractivity contribution in [2.24, 2.45) is 0 Å². The Balaban J connectivity index is 1.15. The van der Waals surface area contributed by atoms with Crippen molar-refractivity contribution < 1.29 is 4.42 Å². The number of fused-ring (bicyclic) bond motifs is 13. The van der Waals surface area contributed by atoms with Gasteiger partial charge in [-0.2, -0.15) is 0 Å². The van der Waals surface area contributed by atoms with Crippen LogP contribution in [0.3, 0.4) is 0 Å². The molecular weight excluding hydrogens is 856 g/mol. The molecule has 69 heavy (non-hydrogen) atoms. The molecule has 0 saturated heterocycles. The van der Waals surface area contributed by atoms with Gasteiger partial charge in [-0.25, -0.2) is 0 Å². The van der Waals surface area contributed by atoms with Crippen LogP contribution >= 0.6 is 11.3 Å². The maximum Gasteiger partial charge on any atom is 0.254 e. The molecular formula is C64H59BN2OS. The first-order valence-corrected chi connectivity index (χ1v) is 26.6. The van der Waals surface area contributed by atoms with E-state index in [4.69, 9.17) is 4.42 Å². The molecule has 3 unspecified atom stereocenters. The van der Waals surface area contributed by atoms with Gasteiger partial charge in [0.15, 0.2) is 0 Å². The Hall–Kier alpha value is -6.04. The fourth-order valence-electron chi connectivity index (χ4n) is 15.0. The van der Waals surface area contributed by atoms with Crippen molar-refractivity contribution in [2.75, 3.05) is 9.80 Å². The van der Waals surface area contributed by atoms with E-state index in [0.717, 1.165) is 30.4 Å². The summed E-state index contributed by atoms with van der Waals surface area (Å²) < 4.78 is 8.37. The fraction of sp³-hybridized carbons (Fsp3) is 0.312. The number of aryl methyl sites for hydroxylation is 1. The summed E-state index contributed by atoms with van der Waals surface area (Å²) in [5, 5.41) is 5.23. The van der Waals surface area contributed by atoms with Gasteiger partial charge in [0.2, 0.25) is 0 Å². The number of nitrogens with zero attached hydrogens (tertiary/aromatic N) is 2. The first kappa shape index (κ1) is 40.8. The molecule has 7 aromatic carbocycles. The van der Waals surface area contributed by atoms with Gasteiger partial charge in [-0.05, 0) is 183 Å². The quantitative estimate of drug-likeness (QED) is 0.161. The molecule has 9 aromatic rings. The van der Waals surface area contributed by atoms with Crippen molar-refractivity contribution in [1.82, 2.24) is 0 Å². The number of furan rings is 1. The van der Waals surface area contributed by atoms with Gasteiger partial charge < -0.3 is 14.2 Å². The molecule has 0 amide bonds. The predicted molar refractivity (Wildman–Crippen MR) is 294 cm³/mol. The average molecular weight is 915 g/mol. The van der Waals surface area contributed by atoms with Crippen molar-refractivity contribution >= 4 is 94.2 Å². The lowest BCUT2D eigenvalue weighted by Gasteiger charge is -2.52. The summed E-state index contributed by atoms with van der Waals surface area (Å²) >= 11 is 2.03. The molecule has 4 aliphatic heterocycles. The highest BCUT2D eigenvalue weighted by Gasteiger charge is 2.62. The summed E-state index contributed by atoms with van der Waals surface area (Å²) in [6.07, 6.45) is 7.01. The Kier molecular flexibility index (Phi) is 7.71. The van der Waals surface area contributed by atoms with Gasteiger partial charge in [-0.15, -0.1) is 11.3 Å². The van der Waals surface area contributed by atoms with Crippen LogP contribution in [0.5, 0.6) is 0 Å². The van der Waals surface area contributed by atoms with E-state index in [1.54, 1.807) is 0 Å². The topological polar surface area (TPSA) is 19.6 Å². The van der Waals surface area contributed by atoms with Gasteiger partial charge in [0.05, 0.1) is 16.2 Å². The highest BCUT2D eigenvalue weighted by atomic mass is 32.1. The van der Waals surface area contributed by atoms with Crippen LogP contribution in [0.1, 0.15) is 127 Å². The summed E-state index contributed by atoms with van der Waals surface area (Å²) in [6, 6.07) is 48.2. The van der Waals surface area contributed by atoms with E-state index < -0.39 is 0 Å². The molecule has 0 spiro atoms. The van der Waals surface area contributed by atoms with Crippen molar-refractivity contribution in [3.8, 4) is 22.3 Å². The highest BCUT2D eigenvalue weighted by molar-refractivity contribution is 7.26. The van der Waals surface area contributed by atoms with Gasteiger partial charge in [0, 0.05) is 48.9 Å². The molecule has 3 atom stereocenters. The minimum absolute atomic E-state index is 0.00645. The second-order valence-corrected chi connectivity index (χ2v) is 25.4. The van der Waals surface area contributed by atoms with Crippen LogP contribution < -0.4 is 26.2 Å². The molecule has 6 bridgehead atoms. The summed E-state index contributed by atoms with van der Waals surface area (Å²) in [7, 11) is 0. The van der Waals surface area contributed by atoms with E-state index in [1.165, 1.54) is 140 Å². The van der Waals surface area contributed by atoms with Crippen LogP contribution in [-0.4, -0.2) is 12.3 Å². The Bertz CT molecular complexity index is 3790. The smallest absolute Gasteiger partial charge is 0.254 e. The van der Waals surface area contributed by atoms with E-state index in [-0.39, 0.29) is 33.9 Å². The summed E-state index contributed by atoms with van der Waals surface area (Å²) in [6.45, 7) is 22.2. The molecule has 2 aromatic heterocycles. The molecule has 6 heterocycles. The zero-order valence-electron chi connectivity index (χ0n) is 41.6. The normalized spacial score (nSPS) is 23.3. The number of hydrogen-bond donors (Lipinski definition) is 0. The summed E-state index contributed by atoms with van der Waals surface area (Å²) in [4.78, 5) is 5.65. The standard InChI is InChI=1S/C64H59BN2OS/c1-36-27-50-57-51(28-36)67-58-47(63(8)23-15-16-24-64(63,67)9)29-38-30-48(58)65(57)56-44-34-46-45(61(5,6)25-26-62(46,7)40-32-43(38)55-41-19-13-14-20-52(41)68-53(55)33-40)35-54(44)69-59(56)66(50)49-22-21-39(60(2,3)4)31-42(49)37-17-11-10-12-18-37/h10-14,17-22,27-35H,15-16,23-26H2,1-9H3. The van der Waals surface area contributed by atoms with Gasteiger partial charge in [-0.1, -0.05) is 122 Å². The number of rotatable bonds is 2. The Morgan fingerprint density at radius 1 is 0.623 bits per heavy atom. The number of hydrogen-bond acceptors (Lipinski definition) is 4. The van der Waals surface area contributed by atoms with Gasteiger partial charge in [0.1, 0.15) is 11.2 Å². The van der Waals surface area contributed by atoms with E-state index in [0.29, 0.717) is 0 Å². The molecule has 3 nitrogen and oxygen atoms in total. The minimum Gasteiger partial charge on any atom is -0.456 e. The van der Waals surface area contributed by atoms with Crippen LogP contribution in [0.2, 0.25) is 0 Å². The van der Waals surface area contributed by atoms with Crippen molar-refractivity contribution in [3.05, 3.63) is 155 Å². The van der Waals surface area contributed by atoms with Gasteiger partial charge in [0.25, 0.3) is 6.71 Å². The summed E-state index contributed by atoms with van der Waals surface area (Å²) in [5.41, 5.74) is 25.2. The van der Waals surface area contributed by atoms with E-state index in [2.05, 4.69) is 193 Å². The maximum atomic E-state index is 6.97. The molecule has 5 heteroatoms. The lowest BCUT2D eigenvalue weighted by Crippen LogP contribution is -2.64. The SMILES string of the molecule is Cc1cc2c3c(c1)N1c4c5cc(cc4C4(C)CCCCC14C)-c1cc(cc4oc6ccccc6c14)C1(C)CCC(C)(C)c4cc6sc(c(c6cc41)B53)N2c1ccc(C(C)(C)C)cc1-c1ccccc1. The van der Waals surface area contributed by atoms with Crippen molar-refractivity contribution in [3.63, 3.8) is 0 Å². The molecule has 6 aliphatic rings. The van der Waals surface area contributed by atoms with E-state index in [1.807, 2.05) is 11.3 Å². The molecule has 15 rings (SSSR count). The number of benzene rings is 7. The second kappa shape index (κ2) is 13.0. The Labute approximate surface area is 411 Å².